The molecule has 0 spiro atoms. The number of methoxy groups -OCH3 is 2. The fourth-order valence-corrected chi connectivity index (χ4v) is 1.40. The summed E-state index contributed by atoms with van der Waals surface area (Å²) in [7, 11) is -1.14. The molecular weight excluding hydrogens is 278 g/mol. The molecular formula is C8H13N5O5S. The first kappa shape index (κ1) is 14.9. The Balaban J connectivity index is 2.84. The van der Waals surface area contributed by atoms with Crippen LogP contribution in [0, 0.1) is 0 Å². The van der Waals surface area contributed by atoms with E-state index in [-0.39, 0.29) is 17.7 Å². The second-order valence-electron chi connectivity index (χ2n) is 3.11. The molecule has 0 fully saturated rings. The number of carbonyl (C=O) groups excluding carboxylic acids is 1. The molecule has 0 aliphatic rings. The number of nitrogens with two attached hydrogens (primary N) is 1. The molecule has 0 aliphatic heterocycles. The van der Waals surface area contributed by atoms with Crippen LogP contribution >= 0.6 is 0 Å². The minimum atomic E-state index is -3.87. The highest BCUT2D eigenvalue weighted by Crippen LogP contribution is 2.17. The second-order valence-corrected chi connectivity index (χ2v) is 4.88. The van der Waals surface area contributed by atoms with Gasteiger partial charge < -0.3 is 15.2 Å². The number of sulfonamides is 1. The van der Waals surface area contributed by atoms with Gasteiger partial charge in [-0.3, -0.25) is 5.32 Å². The van der Waals surface area contributed by atoms with Crippen molar-refractivity contribution in [2.45, 2.75) is 0 Å². The summed E-state index contributed by atoms with van der Waals surface area (Å²) in [5, 5.41) is 2.11. The van der Waals surface area contributed by atoms with Crippen LogP contribution in [0.5, 0.6) is 11.8 Å². The Kier molecular flexibility index (Phi) is 4.83. The van der Waals surface area contributed by atoms with Crippen LogP contribution in [0.4, 0.5) is 10.7 Å². The van der Waals surface area contributed by atoms with E-state index >= 15 is 0 Å². The van der Waals surface area contributed by atoms with Crippen molar-refractivity contribution in [3.63, 3.8) is 0 Å². The van der Waals surface area contributed by atoms with Gasteiger partial charge in [0.05, 0.1) is 20.3 Å². The van der Waals surface area contributed by atoms with E-state index in [2.05, 4.69) is 15.3 Å². The standard InChI is InChI=1S/C8H13N5O5S/c1-17-5-3-6(18-2)11-7(10-5)12-8(14)13-19(15,16)4-9/h3H,4,9H2,1-2H3,(H2,10,11,12,13,14). The van der Waals surface area contributed by atoms with Gasteiger partial charge in [-0.25, -0.2) is 17.9 Å². The number of hydrogen-bond donors (Lipinski definition) is 3. The Morgan fingerprint density at radius 2 is 1.84 bits per heavy atom. The van der Waals surface area contributed by atoms with Crippen molar-refractivity contribution in [1.29, 1.82) is 0 Å². The van der Waals surface area contributed by atoms with Gasteiger partial charge in [-0.2, -0.15) is 9.97 Å². The minimum absolute atomic E-state index is 0.142. The number of nitrogens with one attached hydrogen (secondary N) is 2. The summed E-state index contributed by atoms with van der Waals surface area (Å²) in [6.07, 6.45) is 0. The van der Waals surface area contributed by atoms with Crippen LogP contribution in [0.1, 0.15) is 0 Å². The smallest absolute Gasteiger partial charge is 0.335 e. The van der Waals surface area contributed by atoms with Crippen LogP contribution in [0.2, 0.25) is 0 Å². The van der Waals surface area contributed by atoms with Gasteiger partial charge in [-0.1, -0.05) is 0 Å². The molecule has 0 aliphatic carbocycles. The number of nitrogens with zero attached hydrogens (tertiary/aromatic N) is 2. The second kappa shape index (κ2) is 6.15. The Labute approximate surface area is 109 Å². The monoisotopic (exact) mass is 291 g/mol. The average Bonchev–Trinajstić information content (AvgIpc) is 2.37. The molecule has 2 amide bonds. The zero-order chi connectivity index (χ0) is 14.5. The van der Waals surface area contributed by atoms with Gasteiger partial charge in [0, 0.05) is 0 Å². The van der Waals surface area contributed by atoms with Gasteiger partial charge in [0.15, 0.2) is 0 Å². The van der Waals surface area contributed by atoms with Crippen molar-refractivity contribution >= 4 is 22.0 Å². The van der Waals surface area contributed by atoms with E-state index in [0.29, 0.717) is 0 Å². The van der Waals surface area contributed by atoms with E-state index in [9.17, 15) is 13.2 Å². The Morgan fingerprint density at radius 3 is 2.26 bits per heavy atom. The van der Waals surface area contributed by atoms with E-state index in [0.717, 1.165) is 0 Å². The molecule has 106 valence electrons. The maximum atomic E-state index is 11.4. The molecule has 19 heavy (non-hydrogen) atoms. The van der Waals surface area contributed by atoms with Crippen molar-refractivity contribution in [1.82, 2.24) is 14.7 Å². The van der Waals surface area contributed by atoms with E-state index in [4.69, 9.17) is 15.2 Å². The molecule has 1 heterocycles. The summed E-state index contributed by atoms with van der Waals surface area (Å²) in [6.45, 7) is 0. The molecule has 0 saturated carbocycles. The lowest BCUT2D eigenvalue weighted by atomic mass is 10.6. The van der Waals surface area contributed by atoms with Crippen LogP contribution < -0.4 is 25.2 Å². The number of rotatable bonds is 5. The number of hydrogen-bond acceptors (Lipinski definition) is 8. The van der Waals surface area contributed by atoms with Crippen molar-refractivity contribution in [2.24, 2.45) is 5.73 Å². The van der Waals surface area contributed by atoms with Crippen LogP contribution in [-0.4, -0.2) is 44.5 Å². The molecule has 0 bridgehead atoms. The number of carbonyl (C=O) groups is 1. The predicted octanol–water partition coefficient (Wildman–Crippen LogP) is -1.14. The number of urea groups is 1. The Hall–Kier alpha value is -2.14. The van der Waals surface area contributed by atoms with Crippen LogP contribution in [-0.2, 0) is 10.0 Å². The molecule has 1 rings (SSSR count). The van der Waals surface area contributed by atoms with Crippen molar-refractivity contribution in [2.75, 3.05) is 25.4 Å². The van der Waals surface area contributed by atoms with Gasteiger partial charge in [-0.05, 0) is 0 Å². The molecule has 1 aromatic rings. The molecule has 10 nitrogen and oxygen atoms in total. The third-order valence-corrected chi connectivity index (χ3v) is 2.73. The van der Waals surface area contributed by atoms with Crippen LogP contribution in [0.25, 0.3) is 0 Å². The number of aromatic nitrogens is 2. The molecule has 0 saturated heterocycles. The van der Waals surface area contributed by atoms with E-state index < -0.39 is 21.9 Å². The molecule has 0 aromatic carbocycles. The largest absolute Gasteiger partial charge is 0.481 e. The highest BCUT2D eigenvalue weighted by molar-refractivity contribution is 7.89. The van der Waals surface area contributed by atoms with E-state index in [1.807, 2.05) is 0 Å². The number of amides is 2. The Bertz CT molecular complexity index is 538. The van der Waals surface area contributed by atoms with E-state index in [1.54, 1.807) is 4.72 Å². The van der Waals surface area contributed by atoms with Gasteiger partial charge in [0.2, 0.25) is 27.7 Å². The first-order valence-electron chi connectivity index (χ1n) is 4.89. The van der Waals surface area contributed by atoms with Crippen molar-refractivity contribution in [3.05, 3.63) is 6.07 Å². The van der Waals surface area contributed by atoms with Gasteiger partial charge >= 0.3 is 6.03 Å². The minimum Gasteiger partial charge on any atom is -0.481 e. The fourth-order valence-electron chi connectivity index (χ4n) is 0.979. The first-order chi connectivity index (χ1) is 8.90. The molecule has 0 unspecified atom stereocenters. The lowest BCUT2D eigenvalue weighted by Crippen LogP contribution is -2.38. The van der Waals surface area contributed by atoms with Gasteiger partial charge in [-0.15, -0.1) is 0 Å². The van der Waals surface area contributed by atoms with Crippen molar-refractivity contribution < 1.29 is 22.7 Å². The molecule has 0 atom stereocenters. The normalized spacial score (nSPS) is 10.7. The average molecular weight is 291 g/mol. The number of anilines is 1. The van der Waals surface area contributed by atoms with Crippen LogP contribution in [0.3, 0.4) is 0 Å². The van der Waals surface area contributed by atoms with Gasteiger partial charge in [0.1, 0.15) is 5.88 Å². The zero-order valence-electron chi connectivity index (χ0n) is 10.2. The summed E-state index contributed by atoms with van der Waals surface area (Å²) in [6, 6.07) is 0.348. The fraction of sp³-hybridized carbons (Fsp3) is 0.375. The van der Waals surface area contributed by atoms with E-state index in [1.165, 1.54) is 20.3 Å². The number of ether oxygens (including phenoxy) is 2. The topological polar surface area (TPSA) is 146 Å². The highest BCUT2D eigenvalue weighted by atomic mass is 32.2. The Morgan fingerprint density at radius 1 is 1.32 bits per heavy atom. The highest BCUT2D eigenvalue weighted by Gasteiger charge is 2.14. The SMILES string of the molecule is COc1cc(OC)nc(NC(=O)NS(=O)(=O)CN)n1. The lowest BCUT2D eigenvalue weighted by molar-refractivity contribution is 0.256. The molecule has 0 radical (unpaired) electrons. The summed E-state index contributed by atoms with van der Waals surface area (Å²) in [5.74, 6) is -0.614. The quantitative estimate of drug-likeness (QED) is 0.617. The first-order valence-corrected chi connectivity index (χ1v) is 6.54. The summed E-state index contributed by atoms with van der Waals surface area (Å²) in [4.78, 5) is 18.9. The summed E-state index contributed by atoms with van der Waals surface area (Å²) in [5.41, 5.74) is 4.94. The summed E-state index contributed by atoms with van der Waals surface area (Å²) < 4.78 is 33.5. The molecule has 4 N–H and O–H groups in total. The maximum Gasteiger partial charge on any atom is 0.335 e. The maximum absolute atomic E-state index is 11.4. The third-order valence-electron chi connectivity index (χ3n) is 1.79. The predicted molar refractivity (Wildman–Crippen MR) is 65.3 cm³/mol. The van der Waals surface area contributed by atoms with Gasteiger partial charge in [0.25, 0.3) is 0 Å². The zero-order valence-corrected chi connectivity index (χ0v) is 11.0. The molecule has 11 heteroatoms. The third kappa shape index (κ3) is 4.56. The molecule has 1 aromatic heterocycles. The summed E-state index contributed by atoms with van der Waals surface area (Å²) >= 11 is 0. The van der Waals surface area contributed by atoms with Crippen LogP contribution in [0.15, 0.2) is 6.07 Å². The lowest BCUT2D eigenvalue weighted by Gasteiger charge is -2.08. The van der Waals surface area contributed by atoms with Crippen molar-refractivity contribution in [3.8, 4) is 11.8 Å².